The molecule has 2 nitrogen and oxygen atoms in total. The minimum Gasteiger partial charge on any atom is -0.494 e. The lowest BCUT2D eigenvalue weighted by atomic mass is 9.76. The number of hydrogen-bond donors (Lipinski definition) is 1. The Morgan fingerprint density at radius 2 is 2.17 bits per heavy atom. The topological polar surface area (TPSA) is 35.2 Å². The van der Waals surface area contributed by atoms with Crippen LogP contribution in [0, 0.1) is 17.7 Å². The molecule has 0 aliphatic heterocycles. The van der Waals surface area contributed by atoms with Crippen LogP contribution in [-0.2, 0) is 6.42 Å². The van der Waals surface area contributed by atoms with E-state index in [1.807, 2.05) is 12.1 Å². The van der Waals surface area contributed by atoms with Crippen LogP contribution in [0.2, 0.25) is 0 Å². The highest BCUT2D eigenvalue weighted by atomic mass is 19.1. The van der Waals surface area contributed by atoms with E-state index in [9.17, 15) is 4.39 Å². The van der Waals surface area contributed by atoms with Crippen molar-refractivity contribution in [1.82, 2.24) is 0 Å². The van der Waals surface area contributed by atoms with E-state index >= 15 is 0 Å². The largest absolute Gasteiger partial charge is 0.494 e. The Labute approximate surface area is 108 Å². The van der Waals surface area contributed by atoms with Crippen molar-refractivity contribution in [2.75, 3.05) is 7.11 Å². The lowest BCUT2D eigenvalue weighted by molar-refractivity contribution is 0.242. The summed E-state index contributed by atoms with van der Waals surface area (Å²) in [5.41, 5.74) is 6.88. The molecule has 1 fully saturated rings. The van der Waals surface area contributed by atoms with Gasteiger partial charge in [-0.3, -0.25) is 0 Å². The molecule has 0 heterocycles. The summed E-state index contributed by atoms with van der Waals surface area (Å²) in [5, 5.41) is 0. The van der Waals surface area contributed by atoms with E-state index in [1.54, 1.807) is 6.07 Å². The Balaban J connectivity index is 2.13. The van der Waals surface area contributed by atoms with Crippen LogP contribution in [0.15, 0.2) is 18.2 Å². The van der Waals surface area contributed by atoms with E-state index in [2.05, 4.69) is 6.92 Å². The first-order chi connectivity index (χ1) is 8.61. The predicted octanol–water partition coefficient (Wildman–Crippen LogP) is 3.14. The fourth-order valence-electron chi connectivity index (χ4n) is 2.91. The third kappa shape index (κ3) is 2.83. The number of methoxy groups -OCH3 is 1. The zero-order valence-corrected chi connectivity index (χ0v) is 11.2. The van der Waals surface area contributed by atoms with E-state index < -0.39 is 0 Å². The fraction of sp³-hybridized carbons (Fsp3) is 0.600. The molecule has 0 radical (unpaired) electrons. The molecule has 1 aliphatic rings. The molecule has 3 heteroatoms. The molecule has 2 N–H and O–H groups in total. The first kappa shape index (κ1) is 13.3. The maximum atomic E-state index is 14.1. The first-order valence-corrected chi connectivity index (χ1v) is 6.68. The van der Waals surface area contributed by atoms with Gasteiger partial charge >= 0.3 is 0 Å². The zero-order chi connectivity index (χ0) is 13.1. The number of hydrogen-bond acceptors (Lipinski definition) is 2. The van der Waals surface area contributed by atoms with Crippen LogP contribution in [0.3, 0.4) is 0 Å². The van der Waals surface area contributed by atoms with Gasteiger partial charge in [-0.25, -0.2) is 4.39 Å². The van der Waals surface area contributed by atoms with Gasteiger partial charge in [0, 0.05) is 6.04 Å². The van der Waals surface area contributed by atoms with Crippen LogP contribution in [0.5, 0.6) is 5.75 Å². The molecular formula is C15H22FNO. The molecule has 1 saturated carbocycles. The number of ether oxygens (including phenoxy) is 1. The third-order valence-electron chi connectivity index (χ3n) is 4.05. The Kier molecular flexibility index (Phi) is 4.23. The van der Waals surface area contributed by atoms with Crippen LogP contribution in [-0.4, -0.2) is 13.2 Å². The number of benzene rings is 1. The smallest absolute Gasteiger partial charge is 0.168 e. The second-order valence-electron chi connectivity index (χ2n) is 5.48. The molecule has 2 rings (SSSR count). The molecule has 1 aromatic carbocycles. The van der Waals surface area contributed by atoms with Gasteiger partial charge in [0.15, 0.2) is 11.6 Å². The summed E-state index contributed by atoms with van der Waals surface area (Å²) in [4.78, 5) is 0. The molecule has 18 heavy (non-hydrogen) atoms. The molecule has 1 aromatic rings. The Morgan fingerprint density at radius 3 is 2.89 bits per heavy atom. The predicted molar refractivity (Wildman–Crippen MR) is 71.1 cm³/mol. The molecule has 0 saturated heterocycles. The molecule has 0 aromatic heterocycles. The highest BCUT2D eigenvalue weighted by Crippen LogP contribution is 2.32. The van der Waals surface area contributed by atoms with Gasteiger partial charge in [-0.05, 0) is 49.1 Å². The summed E-state index contributed by atoms with van der Waals surface area (Å²) in [6.07, 6.45) is 4.06. The van der Waals surface area contributed by atoms with Crippen molar-refractivity contribution in [3.05, 3.63) is 29.6 Å². The van der Waals surface area contributed by atoms with Crippen molar-refractivity contribution in [3.8, 4) is 5.75 Å². The summed E-state index contributed by atoms with van der Waals surface area (Å²) in [7, 11) is 1.50. The van der Waals surface area contributed by atoms with E-state index in [0.717, 1.165) is 18.4 Å². The molecular weight excluding hydrogens is 229 g/mol. The summed E-state index contributed by atoms with van der Waals surface area (Å²) >= 11 is 0. The summed E-state index contributed by atoms with van der Waals surface area (Å²) in [5.74, 6) is 1.18. The van der Waals surface area contributed by atoms with Gasteiger partial charge in [0.1, 0.15) is 0 Å². The summed E-state index contributed by atoms with van der Waals surface area (Å²) in [6, 6.07) is 5.54. The molecule has 3 unspecified atom stereocenters. The number of nitrogens with two attached hydrogens (primary N) is 1. The Morgan fingerprint density at radius 1 is 1.39 bits per heavy atom. The second kappa shape index (κ2) is 5.70. The highest BCUT2D eigenvalue weighted by molar-refractivity contribution is 5.31. The SMILES string of the molecule is COc1cccc(CC2CC(C)CCC2N)c1F. The van der Waals surface area contributed by atoms with Crippen molar-refractivity contribution < 1.29 is 9.13 Å². The van der Waals surface area contributed by atoms with Gasteiger partial charge in [0.05, 0.1) is 7.11 Å². The van der Waals surface area contributed by atoms with Crippen LogP contribution in [0.4, 0.5) is 4.39 Å². The molecule has 0 amide bonds. The third-order valence-corrected chi connectivity index (χ3v) is 4.05. The minimum atomic E-state index is -0.231. The molecule has 0 spiro atoms. The van der Waals surface area contributed by atoms with Crippen molar-refractivity contribution >= 4 is 0 Å². The van der Waals surface area contributed by atoms with E-state index in [1.165, 1.54) is 13.5 Å². The zero-order valence-electron chi connectivity index (χ0n) is 11.2. The molecule has 0 bridgehead atoms. The Hall–Kier alpha value is -1.09. The average molecular weight is 251 g/mol. The van der Waals surface area contributed by atoms with Gasteiger partial charge < -0.3 is 10.5 Å². The molecule has 1 aliphatic carbocycles. The summed E-state index contributed by atoms with van der Waals surface area (Å²) < 4.78 is 19.1. The van der Waals surface area contributed by atoms with Crippen molar-refractivity contribution in [2.24, 2.45) is 17.6 Å². The standard InChI is InChI=1S/C15H22FNO/c1-10-6-7-13(17)12(8-10)9-11-4-3-5-14(18-2)15(11)16/h3-5,10,12-13H,6-9,17H2,1-2H3. The quantitative estimate of drug-likeness (QED) is 0.895. The molecule has 100 valence electrons. The van der Waals surface area contributed by atoms with Crippen LogP contribution >= 0.6 is 0 Å². The van der Waals surface area contributed by atoms with E-state index in [-0.39, 0.29) is 11.9 Å². The van der Waals surface area contributed by atoms with Crippen molar-refractivity contribution in [3.63, 3.8) is 0 Å². The summed E-state index contributed by atoms with van der Waals surface area (Å²) in [6.45, 7) is 2.25. The average Bonchev–Trinajstić information content (AvgIpc) is 2.36. The fourth-order valence-corrected chi connectivity index (χ4v) is 2.91. The van der Waals surface area contributed by atoms with Crippen LogP contribution in [0.1, 0.15) is 31.7 Å². The van der Waals surface area contributed by atoms with Crippen LogP contribution < -0.4 is 10.5 Å². The van der Waals surface area contributed by atoms with E-state index in [4.69, 9.17) is 10.5 Å². The number of halogens is 1. The van der Waals surface area contributed by atoms with Crippen molar-refractivity contribution in [1.29, 1.82) is 0 Å². The minimum absolute atomic E-state index is 0.201. The maximum absolute atomic E-state index is 14.1. The normalized spacial score (nSPS) is 28.1. The highest BCUT2D eigenvalue weighted by Gasteiger charge is 2.27. The van der Waals surface area contributed by atoms with Gasteiger partial charge in [0.25, 0.3) is 0 Å². The van der Waals surface area contributed by atoms with Gasteiger partial charge in [0.2, 0.25) is 0 Å². The second-order valence-corrected chi connectivity index (χ2v) is 5.48. The van der Waals surface area contributed by atoms with Crippen molar-refractivity contribution in [2.45, 2.75) is 38.6 Å². The Bertz CT molecular complexity index is 407. The first-order valence-electron chi connectivity index (χ1n) is 6.68. The van der Waals surface area contributed by atoms with Crippen LogP contribution in [0.25, 0.3) is 0 Å². The van der Waals surface area contributed by atoms with Gasteiger partial charge in [-0.2, -0.15) is 0 Å². The van der Waals surface area contributed by atoms with Gasteiger partial charge in [-0.1, -0.05) is 19.1 Å². The number of rotatable bonds is 3. The maximum Gasteiger partial charge on any atom is 0.168 e. The van der Waals surface area contributed by atoms with Gasteiger partial charge in [-0.15, -0.1) is 0 Å². The monoisotopic (exact) mass is 251 g/mol. The lowest BCUT2D eigenvalue weighted by Crippen LogP contribution is -2.36. The lowest BCUT2D eigenvalue weighted by Gasteiger charge is -2.32. The molecule has 3 atom stereocenters. The van der Waals surface area contributed by atoms with E-state index in [0.29, 0.717) is 24.0 Å².